The van der Waals surface area contributed by atoms with E-state index in [1.165, 1.54) is 31.2 Å². The number of nitrogens with zero attached hydrogens (tertiary/aromatic N) is 7. The quantitative estimate of drug-likeness (QED) is 0.323. The van der Waals surface area contributed by atoms with Gasteiger partial charge < -0.3 is 29.9 Å². The van der Waals surface area contributed by atoms with E-state index in [1.807, 2.05) is 13.0 Å². The van der Waals surface area contributed by atoms with Gasteiger partial charge in [-0.2, -0.15) is 0 Å². The number of aromatic nitrogens is 4. The number of phenolic OH excluding ortho intramolecular Hbond substituents is 1. The van der Waals surface area contributed by atoms with E-state index in [4.69, 9.17) is 26.3 Å². The van der Waals surface area contributed by atoms with Gasteiger partial charge in [-0.05, 0) is 106 Å². The van der Waals surface area contributed by atoms with Crippen molar-refractivity contribution in [2.45, 2.75) is 76.3 Å². The Kier molecular flexibility index (Phi) is 8.53. The van der Waals surface area contributed by atoms with Crippen molar-refractivity contribution in [2.24, 2.45) is 11.3 Å². The normalized spacial score (nSPS) is 27.5. The summed E-state index contributed by atoms with van der Waals surface area (Å²) in [6.07, 6.45) is 13.4. The Morgan fingerprint density at radius 3 is 2.56 bits per heavy atom. The molecule has 1 aromatic carbocycles. The molecule has 3 aliphatic heterocycles. The van der Waals surface area contributed by atoms with Crippen LogP contribution in [-0.4, -0.2) is 94.1 Å². The number of fused-ring (bicyclic) bond motifs is 3. The lowest BCUT2D eigenvalue weighted by atomic mass is 9.56. The average molecular weight is 673 g/mol. The van der Waals surface area contributed by atoms with Crippen molar-refractivity contribution in [3.05, 3.63) is 47.2 Å². The lowest BCUT2D eigenvalue weighted by molar-refractivity contribution is -0.151. The maximum absolute atomic E-state index is 12.2. The average Bonchev–Trinajstić information content (AvgIpc) is 3.11. The minimum atomic E-state index is 0.0147. The predicted molar refractivity (Wildman–Crippen MR) is 186 cm³/mol. The Morgan fingerprint density at radius 2 is 1.81 bits per heavy atom. The standard InChI is InChI=1S/C36H45ClN8O3/c1-2-48-34(47)24-6-10-36(11-7-24)17-26(18-36)43-12-8-23(9-13-43)25-19-39-35(40-20-25)44-14-15-45-27(22-44)21-38-33-31(45)16-30(41-42-33)28-4-3-5-29(37)32(28)46/h3-5,16,19-20,23-24,26-27,46H,2,6-15,17-18,21-22H2,1H3,(H,38,42)/t24?,26?,27-,36?/m1/s1. The minimum Gasteiger partial charge on any atom is -0.506 e. The number of hydrogen-bond donors (Lipinski definition) is 2. The Hall–Kier alpha value is -3.70. The molecule has 3 aromatic rings. The fourth-order valence-electron chi connectivity index (χ4n) is 8.96. The molecule has 1 atom stereocenters. The number of aromatic hydroxyl groups is 1. The third-order valence-electron chi connectivity index (χ3n) is 11.8. The van der Waals surface area contributed by atoms with Crippen LogP contribution in [0.2, 0.25) is 5.02 Å². The molecule has 2 aromatic heterocycles. The molecule has 0 bridgehead atoms. The fourth-order valence-corrected chi connectivity index (χ4v) is 9.13. The molecule has 254 valence electrons. The van der Waals surface area contributed by atoms with Crippen LogP contribution in [0.5, 0.6) is 5.75 Å². The van der Waals surface area contributed by atoms with E-state index in [0.717, 1.165) is 82.4 Å². The van der Waals surface area contributed by atoms with Crippen LogP contribution in [0.4, 0.5) is 17.5 Å². The fraction of sp³-hybridized carbons (Fsp3) is 0.583. The Balaban J connectivity index is 0.835. The Bertz CT molecular complexity index is 1630. The van der Waals surface area contributed by atoms with E-state index in [1.54, 1.807) is 18.2 Å². The Labute approximate surface area is 287 Å². The molecule has 2 saturated carbocycles. The number of rotatable bonds is 6. The molecule has 5 aliphatic rings. The number of likely N-dealkylation sites (tertiary alicyclic amines) is 1. The summed E-state index contributed by atoms with van der Waals surface area (Å²) in [6.45, 7) is 7.83. The number of carbonyl (C=O) groups is 1. The van der Waals surface area contributed by atoms with Crippen molar-refractivity contribution in [3.8, 4) is 17.0 Å². The first-order chi connectivity index (χ1) is 23.4. The number of hydrogen-bond acceptors (Lipinski definition) is 11. The number of phenols is 1. The number of nitrogens with one attached hydrogen (secondary N) is 1. The van der Waals surface area contributed by atoms with E-state index >= 15 is 0 Å². The molecule has 2 saturated heterocycles. The summed E-state index contributed by atoms with van der Waals surface area (Å²) >= 11 is 6.16. The summed E-state index contributed by atoms with van der Waals surface area (Å²) < 4.78 is 5.28. The van der Waals surface area contributed by atoms with Crippen molar-refractivity contribution >= 4 is 35.0 Å². The number of ether oxygens (including phenoxy) is 1. The van der Waals surface area contributed by atoms with Crippen LogP contribution in [0.1, 0.15) is 69.8 Å². The third kappa shape index (κ3) is 5.93. The topological polar surface area (TPSA) is 120 Å². The van der Waals surface area contributed by atoms with Gasteiger partial charge in [0.25, 0.3) is 0 Å². The number of halogens is 1. The summed E-state index contributed by atoms with van der Waals surface area (Å²) in [7, 11) is 0. The van der Waals surface area contributed by atoms with Crippen molar-refractivity contribution in [1.29, 1.82) is 0 Å². The van der Waals surface area contributed by atoms with Crippen molar-refractivity contribution in [2.75, 3.05) is 61.0 Å². The van der Waals surface area contributed by atoms with Gasteiger partial charge in [-0.25, -0.2) is 9.97 Å². The largest absolute Gasteiger partial charge is 0.506 e. The zero-order valence-electron chi connectivity index (χ0n) is 27.7. The first-order valence-electron chi connectivity index (χ1n) is 17.7. The number of para-hydroxylation sites is 1. The third-order valence-corrected chi connectivity index (χ3v) is 12.1. The molecule has 4 fully saturated rings. The van der Waals surface area contributed by atoms with Crippen molar-refractivity contribution in [3.63, 3.8) is 0 Å². The van der Waals surface area contributed by atoms with E-state index in [0.29, 0.717) is 40.3 Å². The monoisotopic (exact) mass is 672 g/mol. The number of anilines is 3. The molecule has 8 rings (SSSR count). The molecular weight excluding hydrogens is 628 g/mol. The first-order valence-corrected chi connectivity index (χ1v) is 18.1. The zero-order valence-corrected chi connectivity index (χ0v) is 28.4. The number of piperidine rings is 1. The van der Waals surface area contributed by atoms with Gasteiger partial charge in [0.2, 0.25) is 5.95 Å². The molecule has 11 nitrogen and oxygen atoms in total. The van der Waals surface area contributed by atoms with Crippen LogP contribution in [0.15, 0.2) is 36.7 Å². The first kappa shape index (κ1) is 31.6. The summed E-state index contributed by atoms with van der Waals surface area (Å²) in [5.74, 6) is 2.20. The molecule has 0 unspecified atom stereocenters. The molecule has 0 radical (unpaired) electrons. The van der Waals surface area contributed by atoms with Gasteiger partial charge >= 0.3 is 5.97 Å². The SMILES string of the molecule is CCOC(=O)C1CCC2(CC1)CC(N1CCC(c3cnc(N4CCN5c6cc(-c7cccc(Cl)c7O)nnc6NC[C@@H]5C4)nc3)CC1)C2. The second-order valence-corrected chi connectivity index (χ2v) is 14.9. The van der Waals surface area contributed by atoms with Crippen molar-refractivity contribution in [1.82, 2.24) is 25.1 Å². The van der Waals surface area contributed by atoms with Gasteiger partial charge in [0.1, 0.15) is 5.75 Å². The van der Waals surface area contributed by atoms with E-state index in [2.05, 4.69) is 42.6 Å². The Morgan fingerprint density at radius 1 is 1.04 bits per heavy atom. The van der Waals surface area contributed by atoms with Gasteiger partial charge in [-0.3, -0.25) is 4.79 Å². The lowest BCUT2D eigenvalue weighted by Gasteiger charge is -2.55. The maximum Gasteiger partial charge on any atom is 0.308 e. The summed E-state index contributed by atoms with van der Waals surface area (Å²) in [5, 5.41) is 23.0. The van der Waals surface area contributed by atoms with Crippen LogP contribution in [0, 0.1) is 11.3 Å². The highest BCUT2D eigenvalue weighted by atomic mass is 35.5. The molecule has 0 amide bonds. The lowest BCUT2D eigenvalue weighted by Crippen LogP contribution is -2.58. The van der Waals surface area contributed by atoms with Crippen LogP contribution >= 0.6 is 11.6 Å². The number of piperazine rings is 1. The van der Waals surface area contributed by atoms with Gasteiger partial charge in [-0.1, -0.05) is 17.7 Å². The van der Waals surface area contributed by atoms with E-state index in [-0.39, 0.29) is 23.7 Å². The molecule has 12 heteroatoms. The molecule has 48 heavy (non-hydrogen) atoms. The smallest absolute Gasteiger partial charge is 0.308 e. The molecular formula is C36H45ClN8O3. The van der Waals surface area contributed by atoms with E-state index in [9.17, 15) is 9.90 Å². The van der Waals surface area contributed by atoms with Crippen LogP contribution in [0.3, 0.4) is 0 Å². The molecule has 5 heterocycles. The number of carbonyl (C=O) groups excluding carboxylic acids is 1. The number of benzene rings is 1. The van der Waals surface area contributed by atoms with Gasteiger partial charge in [0.15, 0.2) is 5.82 Å². The number of esters is 1. The predicted octanol–water partition coefficient (Wildman–Crippen LogP) is 5.49. The second-order valence-electron chi connectivity index (χ2n) is 14.5. The van der Waals surface area contributed by atoms with Gasteiger partial charge in [-0.15, -0.1) is 10.2 Å². The van der Waals surface area contributed by atoms with Gasteiger partial charge in [0.05, 0.1) is 35.0 Å². The molecule has 2 aliphatic carbocycles. The van der Waals surface area contributed by atoms with Crippen LogP contribution in [0.25, 0.3) is 11.3 Å². The summed E-state index contributed by atoms with van der Waals surface area (Å²) in [6, 6.07) is 8.18. The summed E-state index contributed by atoms with van der Waals surface area (Å²) in [4.78, 5) is 29.3. The molecule has 2 N–H and O–H groups in total. The van der Waals surface area contributed by atoms with Crippen molar-refractivity contribution < 1.29 is 14.6 Å². The highest BCUT2D eigenvalue weighted by Gasteiger charge is 2.49. The van der Waals surface area contributed by atoms with Gasteiger partial charge in [0, 0.05) is 50.2 Å². The maximum atomic E-state index is 12.2. The van der Waals surface area contributed by atoms with Crippen LogP contribution < -0.4 is 15.1 Å². The van der Waals surface area contributed by atoms with Crippen LogP contribution in [-0.2, 0) is 9.53 Å². The second kappa shape index (κ2) is 13.0. The minimum absolute atomic E-state index is 0.0147. The van der Waals surface area contributed by atoms with E-state index < -0.39 is 0 Å². The summed E-state index contributed by atoms with van der Waals surface area (Å²) in [5.41, 5.74) is 3.86. The highest BCUT2D eigenvalue weighted by molar-refractivity contribution is 6.32. The highest BCUT2D eigenvalue weighted by Crippen LogP contribution is 2.55. The molecule has 1 spiro atoms. The zero-order chi connectivity index (χ0) is 32.8.